The van der Waals surface area contributed by atoms with Gasteiger partial charge >= 0.3 is 0 Å². The van der Waals surface area contributed by atoms with Gasteiger partial charge in [-0.25, -0.2) is 9.98 Å². The normalized spacial score (nSPS) is 12.2. The van der Waals surface area contributed by atoms with Gasteiger partial charge in [0.25, 0.3) is 0 Å². The molecule has 0 atom stereocenters. The van der Waals surface area contributed by atoms with E-state index in [1.807, 2.05) is 13.0 Å². The van der Waals surface area contributed by atoms with E-state index in [4.69, 9.17) is 9.40 Å². The minimum Gasteiger partial charge on any atom is -0.436 e. The number of hydrogen-bond acceptors (Lipinski definition) is 3. The number of aromatic nitrogens is 3. The Balaban J connectivity index is 1.74. The Hall–Kier alpha value is -4.12. The summed E-state index contributed by atoms with van der Waals surface area (Å²) in [5.41, 5.74) is 7.99. The predicted molar refractivity (Wildman–Crippen MR) is 132 cm³/mol. The van der Waals surface area contributed by atoms with Crippen LogP contribution in [0.15, 0.2) is 88.3 Å². The highest BCUT2D eigenvalue weighted by Gasteiger charge is 2.21. The van der Waals surface area contributed by atoms with Gasteiger partial charge in [-0.15, -0.1) is 0 Å². The van der Waals surface area contributed by atoms with Crippen LogP contribution in [-0.4, -0.2) is 20.2 Å². The molecule has 0 spiro atoms. The standard InChI is InChI=1S/C27H22N4O/c1-4-18-19-10-9-15-24(25(19)32-26(18)28-16-17(2)3)31-23-14-8-7-13-22(23)30-21-12-6-5-11-20(21)29-27(30)31/h5-16H,2,4H2,1,3H3/b28-16-. The molecule has 32 heavy (non-hydrogen) atoms. The molecular formula is C27H22N4O. The van der Waals surface area contributed by atoms with Gasteiger partial charge in [-0.1, -0.05) is 49.9 Å². The number of hydrogen-bond donors (Lipinski definition) is 0. The van der Waals surface area contributed by atoms with E-state index in [0.29, 0.717) is 5.88 Å². The average Bonchev–Trinajstić information content (AvgIpc) is 3.45. The van der Waals surface area contributed by atoms with Crippen molar-refractivity contribution in [3.8, 4) is 5.69 Å². The molecule has 156 valence electrons. The Morgan fingerprint density at radius 2 is 1.75 bits per heavy atom. The highest BCUT2D eigenvalue weighted by molar-refractivity contribution is 5.97. The number of nitrogens with zero attached hydrogens (tertiary/aromatic N) is 4. The molecule has 0 fully saturated rings. The first-order chi connectivity index (χ1) is 15.7. The second kappa shape index (κ2) is 6.95. The van der Waals surface area contributed by atoms with Crippen LogP contribution in [0.25, 0.3) is 44.5 Å². The van der Waals surface area contributed by atoms with Gasteiger partial charge < -0.3 is 4.42 Å². The van der Waals surface area contributed by atoms with Crippen molar-refractivity contribution in [3.63, 3.8) is 0 Å². The molecule has 6 aromatic rings. The van der Waals surface area contributed by atoms with Gasteiger partial charge in [0, 0.05) is 17.2 Å². The minimum absolute atomic E-state index is 0.638. The zero-order valence-electron chi connectivity index (χ0n) is 18.0. The largest absolute Gasteiger partial charge is 0.436 e. The minimum atomic E-state index is 0.638. The molecule has 0 aliphatic carbocycles. The quantitative estimate of drug-likeness (QED) is 0.289. The smallest absolute Gasteiger partial charge is 0.223 e. The van der Waals surface area contributed by atoms with Gasteiger partial charge in [-0.2, -0.15) is 0 Å². The van der Waals surface area contributed by atoms with E-state index in [2.05, 4.69) is 88.1 Å². The maximum Gasteiger partial charge on any atom is 0.223 e. The van der Waals surface area contributed by atoms with Crippen molar-refractivity contribution in [1.29, 1.82) is 0 Å². The van der Waals surface area contributed by atoms with E-state index in [1.165, 1.54) is 0 Å². The summed E-state index contributed by atoms with van der Waals surface area (Å²) in [4.78, 5) is 9.56. The fraction of sp³-hybridized carbons (Fsp3) is 0.111. The third kappa shape index (κ3) is 2.57. The Morgan fingerprint density at radius 1 is 1.00 bits per heavy atom. The maximum absolute atomic E-state index is 6.37. The Kier molecular flexibility index (Phi) is 4.05. The third-order valence-electron chi connectivity index (χ3n) is 5.88. The molecule has 0 radical (unpaired) electrons. The van der Waals surface area contributed by atoms with Crippen molar-refractivity contribution in [3.05, 3.63) is 84.4 Å². The monoisotopic (exact) mass is 418 g/mol. The van der Waals surface area contributed by atoms with E-state index in [1.54, 1.807) is 6.21 Å². The number of para-hydroxylation sites is 5. The summed E-state index contributed by atoms with van der Waals surface area (Å²) in [7, 11) is 0. The summed E-state index contributed by atoms with van der Waals surface area (Å²) in [6.07, 6.45) is 2.58. The van der Waals surface area contributed by atoms with Gasteiger partial charge in [-0.05, 0) is 49.2 Å². The van der Waals surface area contributed by atoms with Gasteiger partial charge in [0.05, 0.1) is 27.8 Å². The van der Waals surface area contributed by atoms with Crippen LogP contribution in [0.2, 0.25) is 0 Å². The van der Waals surface area contributed by atoms with Crippen LogP contribution in [0.4, 0.5) is 5.88 Å². The number of aryl methyl sites for hydroxylation is 1. The lowest BCUT2D eigenvalue weighted by Crippen LogP contribution is -1.95. The fourth-order valence-electron chi connectivity index (χ4n) is 4.52. The van der Waals surface area contributed by atoms with Crippen LogP contribution in [-0.2, 0) is 6.42 Å². The molecule has 0 saturated carbocycles. The average molecular weight is 419 g/mol. The van der Waals surface area contributed by atoms with Crippen molar-refractivity contribution in [2.24, 2.45) is 4.99 Å². The summed E-state index contributed by atoms with van der Waals surface area (Å²) in [5.74, 6) is 1.50. The molecule has 0 aliphatic rings. The lowest BCUT2D eigenvalue weighted by molar-refractivity contribution is 0.620. The van der Waals surface area contributed by atoms with Crippen LogP contribution < -0.4 is 0 Å². The van der Waals surface area contributed by atoms with Gasteiger partial charge in [-0.3, -0.25) is 8.97 Å². The SMILES string of the molecule is C=C(C)/C=N\c1oc2c(-n3c4ccccc4n4c5ccccc5nc34)cccc2c1CC. The summed E-state index contributed by atoms with van der Waals surface area (Å²) in [6, 6.07) is 22.9. The topological polar surface area (TPSA) is 47.7 Å². The van der Waals surface area contributed by atoms with Crippen LogP contribution in [0.1, 0.15) is 19.4 Å². The van der Waals surface area contributed by atoms with E-state index in [-0.39, 0.29) is 0 Å². The first-order valence-corrected chi connectivity index (χ1v) is 10.8. The number of rotatable bonds is 4. The first kappa shape index (κ1) is 18.6. The molecule has 3 aromatic heterocycles. The molecule has 0 aliphatic heterocycles. The van der Waals surface area contributed by atoms with Crippen molar-refractivity contribution in [2.45, 2.75) is 20.3 Å². The molecule has 0 unspecified atom stereocenters. The summed E-state index contributed by atoms with van der Waals surface area (Å²) in [6.45, 7) is 7.97. The predicted octanol–water partition coefficient (Wildman–Crippen LogP) is 7.02. The maximum atomic E-state index is 6.37. The zero-order chi connectivity index (χ0) is 21.8. The van der Waals surface area contributed by atoms with Crippen molar-refractivity contribution in [1.82, 2.24) is 14.0 Å². The fourth-order valence-corrected chi connectivity index (χ4v) is 4.52. The molecule has 0 saturated heterocycles. The van der Waals surface area contributed by atoms with Crippen molar-refractivity contribution >= 4 is 50.9 Å². The molecular weight excluding hydrogens is 396 g/mol. The van der Waals surface area contributed by atoms with Crippen LogP contribution in [0, 0.1) is 0 Å². The van der Waals surface area contributed by atoms with Gasteiger partial charge in [0.1, 0.15) is 0 Å². The lowest BCUT2D eigenvalue weighted by atomic mass is 10.1. The molecule has 0 amide bonds. The highest BCUT2D eigenvalue weighted by Crippen LogP contribution is 2.38. The second-order valence-electron chi connectivity index (χ2n) is 8.06. The van der Waals surface area contributed by atoms with Crippen LogP contribution in [0.3, 0.4) is 0 Å². The molecule has 5 nitrogen and oxygen atoms in total. The third-order valence-corrected chi connectivity index (χ3v) is 5.88. The number of fused-ring (bicyclic) bond motifs is 6. The van der Waals surface area contributed by atoms with E-state index in [9.17, 15) is 0 Å². The summed E-state index contributed by atoms with van der Waals surface area (Å²) in [5, 5.41) is 1.07. The second-order valence-corrected chi connectivity index (χ2v) is 8.06. The number of allylic oxidation sites excluding steroid dienone is 1. The van der Waals surface area contributed by atoms with Crippen molar-refractivity contribution in [2.75, 3.05) is 0 Å². The van der Waals surface area contributed by atoms with E-state index < -0.39 is 0 Å². The van der Waals surface area contributed by atoms with E-state index >= 15 is 0 Å². The van der Waals surface area contributed by atoms with Gasteiger partial charge in [0.2, 0.25) is 11.7 Å². The zero-order valence-corrected chi connectivity index (χ0v) is 18.0. The molecule has 0 N–H and O–H groups in total. The molecule has 3 heterocycles. The number of imidazole rings is 2. The summed E-state index contributed by atoms with van der Waals surface area (Å²) < 4.78 is 10.8. The molecule has 0 bridgehead atoms. The van der Waals surface area contributed by atoms with Crippen molar-refractivity contribution < 1.29 is 4.42 Å². The molecule has 5 heteroatoms. The Bertz CT molecular complexity index is 1690. The first-order valence-electron chi connectivity index (χ1n) is 10.8. The Labute approximate surface area is 184 Å². The van der Waals surface area contributed by atoms with Crippen LogP contribution in [0.5, 0.6) is 0 Å². The van der Waals surface area contributed by atoms with Crippen LogP contribution >= 0.6 is 0 Å². The summed E-state index contributed by atoms with van der Waals surface area (Å²) >= 11 is 0. The number of aliphatic imine (C=N–C) groups is 1. The van der Waals surface area contributed by atoms with E-state index in [0.717, 1.165) is 62.1 Å². The lowest BCUT2D eigenvalue weighted by Gasteiger charge is -2.06. The molecule has 6 rings (SSSR count). The number of benzene rings is 3. The Morgan fingerprint density at radius 3 is 2.53 bits per heavy atom. The molecule has 3 aromatic carbocycles. The highest BCUT2D eigenvalue weighted by atomic mass is 16.3. The van der Waals surface area contributed by atoms with Gasteiger partial charge in [0.15, 0.2) is 5.58 Å². The number of furan rings is 1.